The predicted octanol–water partition coefficient (Wildman–Crippen LogP) is 1.92. The van der Waals surface area contributed by atoms with Crippen molar-refractivity contribution in [2.24, 2.45) is 0 Å². The Labute approximate surface area is 118 Å². The molecule has 114 valence electrons. The SMILES string of the molecule is Cc1noc(C)c1CN1CCn2c(nnc2C(F)(F)F)C1. The van der Waals surface area contributed by atoms with Gasteiger partial charge in [-0.2, -0.15) is 13.2 Å². The van der Waals surface area contributed by atoms with E-state index in [2.05, 4.69) is 15.4 Å². The highest BCUT2D eigenvalue weighted by molar-refractivity contribution is 5.20. The molecular formula is C12H14F3N5O. The molecule has 0 N–H and O–H groups in total. The topological polar surface area (TPSA) is 60.0 Å². The van der Waals surface area contributed by atoms with Crippen molar-refractivity contribution in [3.63, 3.8) is 0 Å². The standard InChI is InChI=1S/C12H14F3N5O/c1-7-9(8(2)21-18-7)5-19-3-4-20-10(6-19)16-17-11(20)12(13,14)15/h3-6H2,1-2H3. The van der Waals surface area contributed by atoms with Crippen LogP contribution in [0.2, 0.25) is 0 Å². The number of hydrogen-bond acceptors (Lipinski definition) is 5. The Hall–Kier alpha value is -1.90. The first kappa shape index (κ1) is 14.1. The van der Waals surface area contributed by atoms with Crippen molar-refractivity contribution >= 4 is 0 Å². The molecule has 0 aromatic carbocycles. The monoisotopic (exact) mass is 301 g/mol. The number of alkyl halides is 3. The van der Waals surface area contributed by atoms with E-state index in [1.165, 1.54) is 0 Å². The molecule has 6 nitrogen and oxygen atoms in total. The normalized spacial score (nSPS) is 16.2. The lowest BCUT2D eigenvalue weighted by Crippen LogP contribution is -2.35. The number of halogens is 3. The van der Waals surface area contributed by atoms with Crippen LogP contribution in [0.4, 0.5) is 13.2 Å². The highest BCUT2D eigenvalue weighted by atomic mass is 19.4. The molecule has 0 unspecified atom stereocenters. The van der Waals surface area contributed by atoms with Gasteiger partial charge in [0.25, 0.3) is 0 Å². The maximum absolute atomic E-state index is 12.8. The molecule has 0 bridgehead atoms. The van der Waals surface area contributed by atoms with E-state index >= 15 is 0 Å². The third kappa shape index (κ3) is 2.53. The summed E-state index contributed by atoms with van der Waals surface area (Å²) in [6, 6.07) is 0. The maximum Gasteiger partial charge on any atom is 0.451 e. The fraction of sp³-hybridized carbons (Fsp3) is 0.583. The number of hydrogen-bond donors (Lipinski definition) is 0. The van der Waals surface area contributed by atoms with Crippen molar-refractivity contribution in [2.45, 2.75) is 39.7 Å². The Morgan fingerprint density at radius 2 is 1.95 bits per heavy atom. The Balaban J connectivity index is 1.78. The van der Waals surface area contributed by atoms with Crippen molar-refractivity contribution < 1.29 is 17.7 Å². The van der Waals surface area contributed by atoms with Crippen LogP contribution in [-0.2, 0) is 25.8 Å². The van der Waals surface area contributed by atoms with E-state index in [0.717, 1.165) is 21.6 Å². The van der Waals surface area contributed by atoms with Crippen LogP contribution in [0.1, 0.15) is 28.7 Å². The molecule has 3 rings (SSSR count). The lowest BCUT2D eigenvalue weighted by molar-refractivity contribution is -0.148. The molecule has 0 spiro atoms. The van der Waals surface area contributed by atoms with Gasteiger partial charge in [0.2, 0.25) is 5.82 Å². The summed E-state index contributed by atoms with van der Waals surface area (Å²) in [6.45, 7) is 5.30. The first-order chi connectivity index (χ1) is 9.86. The number of rotatable bonds is 2. The number of nitrogens with zero attached hydrogens (tertiary/aromatic N) is 5. The summed E-state index contributed by atoms with van der Waals surface area (Å²) in [7, 11) is 0. The van der Waals surface area contributed by atoms with Gasteiger partial charge in [-0.3, -0.25) is 4.90 Å². The lowest BCUT2D eigenvalue weighted by Gasteiger charge is -2.27. The smallest absolute Gasteiger partial charge is 0.361 e. The number of fused-ring (bicyclic) bond motifs is 1. The van der Waals surface area contributed by atoms with E-state index in [1.807, 2.05) is 18.7 Å². The Bertz CT molecular complexity index is 641. The maximum atomic E-state index is 12.8. The van der Waals surface area contributed by atoms with Crippen LogP contribution in [0.5, 0.6) is 0 Å². The largest absolute Gasteiger partial charge is 0.451 e. The molecular weight excluding hydrogens is 287 g/mol. The van der Waals surface area contributed by atoms with Gasteiger partial charge >= 0.3 is 6.18 Å². The van der Waals surface area contributed by atoms with E-state index < -0.39 is 12.0 Å². The van der Waals surface area contributed by atoms with E-state index in [-0.39, 0.29) is 6.54 Å². The van der Waals surface area contributed by atoms with Crippen LogP contribution >= 0.6 is 0 Å². The van der Waals surface area contributed by atoms with Crippen molar-refractivity contribution in [3.8, 4) is 0 Å². The number of aromatic nitrogens is 4. The van der Waals surface area contributed by atoms with Crippen LogP contribution in [0.15, 0.2) is 4.52 Å². The van der Waals surface area contributed by atoms with Gasteiger partial charge in [0, 0.05) is 25.2 Å². The first-order valence-corrected chi connectivity index (χ1v) is 6.49. The molecule has 2 aromatic rings. The molecule has 9 heteroatoms. The summed E-state index contributed by atoms with van der Waals surface area (Å²) in [5.74, 6) is 0.144. The van der Waals surface area contributed by atoms with Gasteiger partial charge in [0.1, 0.15) is 11.6 Å². The van der Waals surface area contributed by atoms with Gasteiger partial charge in [-0.15, -0.1) is 10.2 Å². The van der Waals surface area contributed by atoms with Gasteiger partial charge in [0.15, 0.2) is 0 Å². The molecule has 3 heterocycles. The first-order valence-electron chi connectivity index (χ1n) is 6.49. The minimum atomic E-state index is -4.46. The summed E-state index contributed by atoms with van der Waals surface area (Å²) in [5.41, 5.74) is 1.77. The average Bonchev–Trinajstić information content (AvgIpc) is 2.96. The van der Waals surface area contributed by atoms with Crippen LogP contribution < -0.4 is 0 Å². The summed E-state index contributed by atoms with van der Waals surface area (Å²) < 4.78 is 44.5. The van der Waals surface area contributed by atoms with Gasteiger partial charge in [-0.1, -0.05) is 5.16 Å². The van der Waals surface area contributed by atoms with Gasteiger partial charge in [-0.25, -0.2) is 0 Å². The number of aryl methyl sites for hydroxylation is 2. The molecule has 0 aliphatic carbocycles. The van der Waals surface area contributed by atoms with Crippen molar-refractivity contribution in [1.29, 1.82) is 0 Å². The zero-order valence-corrected chi connectivity index (χ0v) is 11.6. The third-order valence-electron chi connectivity index (χ3n) is 3.65. The molecule has 0 saturated heterocycles. The summed E-state index contributed by atoms with van der Waals surface area (Å²) in [5, 5.41) is 10.8. The van der Waals surface area contributed by atoms with Crippen LogP contribution in [0.25, 0.3) is 0 Å². The second-order valence-corrected chi connectivity index (χ2v) is 5.10. The molecule has 0 amide bonds. The fourth-order valence-electron chi connectivity index (χ4n) is 2.50. The second-order valence-electron chi connectivity index (χ2n) is 5.10. The quantitative estimate of drug-likeness (QED) is 0.848. The fourth-order valence-corrected chi connectivity index (χ4v) is 2.50. The van der Waals surface area contributed by atoms with Crippen molar-refractivity contribution in [1.82, 2.24) is 24.8 Å². The van der Waals surface area contributed by atoms with E-state index in [1.54, 1.807) is 0 Å². The van der Waals surface area contributed by atoms with E-state index in [9.17, 15) is 13.2 Å². The van der Waals surface area contributed by atoms with E-state index in [0.29, 0.717) is 25.5 Å². The van der Waals surface area contributed by atoms with Gasteiger partial charge in [0.05, 0.1) is 12.2 Å². The average molecular weight is 301 g/mol. The zero-order chi connectivity index (χ0) is 15.2. The van der Waals surface area contributed by atoms with E-state index in [4.69, 9.17) is 4.52 Å². The highest BCUT2D eigenvalue weighted by Gasteiger charge is 2.39. The van der Waals surface area contributed by atoms with Crippen LogP contribution in [0.3, 0.4) is 0 Å². The summed E-state index contributed by atoms with van der Waals surface area (Å²) in [4.78, 5) is 2.01. The zero-order valence-electron chi connectivity index (χ0n) is 11.6. The molecule has 0 atom stereocenters. The summed E-state index contributed by atoms with van der Waals surface area (Å²) in [6.07, 6.45) is -4.46. The van der Waals surface area contributed by atoms with Gasteiger partial charge in [-0.05, 0) is 13.8 Å². The molecule has 2 aromatic heterocycles. The molecule has 21 heavy (non-hydrogen) atoms. The lowest BCUT2D eigenvalue weighted by atomic mass is 10.2. The Kier molecular flexibility index (Phi) is 3.23. The Morgan fingerprint density at radius 1 is 1.19 bits per heavy atom. The van der Waals surface area contributed by atoms with Crippen LogP contribution in [0, 0.1) is 13.8 Å². The molecule has 1 aliphatic heterocycles. The molecule has 0 saturated carbocycles. The minimum absolute atomic E-state index is 0.223. The molecule has 0 fully saturated rings. The van der Waals surface area contributed by atoms with Crippen molar-refractivity contribution in [2.75, 3.05) is 6.54 Å². The van der Waals surface area contributed by atoms with Crippen molar-refractivity contribution in [3.05, 3.63) is 28.7 Å². The Morgan fingerprint density at radius 3 is 2.57 bits per heavy atom. The van der Waals surface area contributed by atoms with Crippen LogP contribution in [-0.4, -0.2) is 31.4 Å². The molecule has 1 aliphatic rings. The summed E-state index contributed by atoms with van der Waals surface area (Å²) >= 11 is 0. The second kappa shape index (κ2) is 4.83. The highest BCUT2D eigenvalue weighted by Crippen LogP contribution is 2.29. The van der Waals surface area contributed by atoms with Gasteiger partial charge < -0.3 is 9.09 Å². The third-order valence-corrected chi connectivity index (χ3v) is 3.65. The minimum Gasteiger partial charge on any atom is -0.361 e. The molecule has 0 radical (unpaired) electrons. The predicted molar refractivity (Wildman–Crippen MR) is 65.1 cm³/mol.